The molecule has 4 heteroatoms. The summed E-state index contributed by atoms with van der Waals surface area (Å²) in [4.78, 5) is 19.4. The molecule has 0 amide bonds. The number of benzene rings is 1. The van der Waals surface area contributed by atoms with Crippen LogP contribution in [0.25, 0.3) is 21.8 Å². The van der Waals surface area contributed by atoms with E-state index in [1.165, 1.54) is 0 Å². The van der Waals surface area contributed by atoms with Crippen molar-refractivity contribution in [3.63, 3.8) is 0 Å². The fraction of sp³-hybridized carbons (Fsp3) is 0.200. The molecule has 0 aliphatic rings. The highest BCUT2D eigenvalue weighted by Crippen LogP contribution is 2.26. The van der Waals surface area contributed by atoms with E-state index in [0.717, 1.165) is 28.2 Å². The molecule has 0 fully saturated rings. The van der Waals surface area contributed by atoms with Crippen LogP contribution in [0, 0.1) is 0 Å². The van der Waals surface area contributed by atoms with Gasteiger partial charge >= 0.3 is 5.97 Å². The molecule has 3 aromatic rings. The molecule has 3 rings (SSSR count). The van der Waals surface area contributed by atoms with E-state index in [1.807, 2.05) is 37.3 Å². The number of pyridine rings is 1. The van der Waals surface area contributed by atoms with Gasteiger partial charge in [0.25, 0.3) is 0 Å². The smallest absolute Gasteiger partial charge is 0.359 e. The lowest BCUT2D eigenvalue weighted by atomic mass is 10.1. The molecule has 0 atom stereocenters. The number of carbonyl (C=O) groups excluding carboxylic acids is 1. The molecule has 96 valence electrons. The predicted molar refractivity (Wildman–Crippen MR) is 74.2 cm³/mol. The van der Waals surface area contributed by atoms with Crippen LogP contribution in [0.3, 0.4) is 0 Å². The maximum Gasteiger partial charge on any atom is 0.359 e. The average molecular weight is 254 g/mol. The van der Waals surface area contributed by atoms with E-state index in [0.29, 0.717) is 12.3 Å². The molecule has 2 heterocycles. The lowest BCUT2D eigenvalue weighted by Crippen LogP contribution is -2.08. The second-order valence-corrected chi connectivity index (χ2v) is 4.39. The molecule has 0 spiro atoms. The zero-order valence-electron chi connectivity index (χ0n) is 10.6. The Labute approximate surface area is 110 Å². The van der Waals surface area contributed by atoms with Gasteiger partial charge in [0.2, 0.25) is 0 Å². The number of carbonyl (C=O) groups is 1. The first-order valence-electron chi connectivity index (χ1n) is 6.34. The number of aromatic amines is 1. The van der Waals surface area contributed by atoms with E-state index in [2.05, 4.69) is 9.97 Å². The van der Waals surface area contributed by atoms with Crippen LogP contribution in [0.4, 0.5) is 0 Å². The Morgan fingerprint density at radius 2 is 2.11 bits per heavy atom. The topological polar surface area (TPSA) is 55.0 Å². The monoisotopic (exact) mass is 254 g/mol. The molecule has 0 radical (unpaired) electrons. The number of fused-ring (bicyclic) bond motifs is 3. The van der Waals surface area contributed by atoms with Crippen molar-refractivity contribution in [1.29, 1.82) is 0 Å². The summed E-state index contributed by atoms with van der Waals surface area (Å²) in [5.41, 5.74) is 2.09. The van der Waals surface area contributed by atoms with Gasteiger partial charge < -0.3 is 9.72 Å². The van der Waals surface area contributed by atoms with Crippen LogP contribution in [0.1, 0.15) is 23.8 Å². The Bertz CT molecular complexity index is 746. The minimum atomic E-state index is -0.376. The highest BCUT2D eigenvalue weighted by Gasteiger charge is 2.15. The fourth-order valence-corrected chi connectivity index (χ4v) is 2.19. The zero-order valence-corrected chi connectivity index (χ0v) is 10.6. The van der Waals surface area contributed by atoms with Crippen molar-refractivity contribution < 1.29 is 9.53 Å². The molecule has 2 aromatic heterocycles. The van der Waals surface area contributed by atoms with Gasteiger partial charge in [-0.25, -0.2) is 9.78 Å². The number of nitrogens with one attached hydrogen (secondary N) is 1. The molecule has 1 N–H and O–H groups in total. The molecule has 0 bridgehead atoms. The lowest BCUT2D eigenvalue weighted by Gasteiger charge is -2.03. The van der Waals surface area contributed by atoms with Gasteiger partial charge in [0, 0.05) is 22.5 Å². The third-order valence-corrected chi connectivity index (χ3v) is 3.06. The Balaban J connectivity index is 2.18. The normalized spacial score (nSPS) is 11.0. The Kier molecular flexibility index (Phi) is 2.91. The van der Waals surface area contributed by atoms with Crippen molar-refractivity contribution in [1.82, 2.24) is 9.97 Å². The second-order valence-electron chi connectivity index (χ2n) is 4.39. The van der Waals surface area contributed by atoms with Crippen molar-refractivity contribution in [2.75, 3.05) is 6.61 Å². The van der Waals surface area contributed by atoms with Crippen LogP contribution in [0.2, 0.25) is 0 Å². The van der Waals surface area contributed by atoms with E-state index in [4.69, 9.17) is 4.74 Å². The summed E-state index contributed by atoms with van der Waals surface area (Å²) in [6.07, 6.45) is 2.44. The summed E-state index contributed by atoms with van der Waals surface area (Å²) in [7, 11) is 0. The highest BCUT2D eigenvalue weighted by atomic mass is 16.5. The van der Waals surface area contributed by atoms with E-state index < -0.39 is 0 Å². The first-order chi connectivity index (χ1) is 9.31. The fourth-order valence-electron chi connectivity index (χ4n) is 2.19. The summed E-state index contributed by atoms with van der Waals surface area (Å²) in [6, 6.07) is 9.85. The minimum absolute atomic E-state index is 0.349. The van der Waals surface area contributed by atoms with Crippen LogP contribution >= 0.6 is 0 Å². The molecular weight excluding hydrogens is 240 g/mol. The van der Waals surface area contributed by atoms with Crippen LogP contribution in [0.15, 0.2) is 36.5 Å². The van der Waals surface area contributed by atoms with Crippen LogP contribution in [0.5, 0.6) is 0 Å². The summed E-state index contributed by atoms with van der Waals surface area (Å²) >= 11 is 0. The minimum Gasteiger partial charge on any atom is -0.461 e. The van der Waals surface area contributed by atoms with Crippen molar-refractivity contribution in [3.8, 4) is 0 Å². The van der Waals surface area contributed by atoms with E-state index in [-0.39, 0.29) is 5.97 Å². The largest absolute Gasteiger partial charge is 0.461 e. The maximum absolute atomic E-state index is 12.0. The standard InChI is InChI=1S/C15H14N2O2/c1-2-9-19-15(18)14-13-11(7-8-16-14)10-5-3-4-6-12(10)17-13/h3-8,17H,2,9H2,1H3. The molecule has 0 saturated carbocycles. The molecule has 1 aromatic carbocycles. The van der Waals surface area contributed by atoms with Crippen LogP contribution < -0.4 is 0 Å². The van der Waals surface area contributed by atoms with Gasteiger partial charge in [0.15, 0.2) is 5.69 Å². The summed E-state index contributed by atoms with van der Waals surface area (Å²) in [5, 5.41) is 2.08. The number of hydrogen-bond acceptors (Lipinski definition) is 3. The van der Waals surface area contributed by atoms with Gasteiger partial charge in [-0.1, -0.05) is 25.1 Å². The first-order valence-corrected chi connectivity index (χ1v) is 6.34. The maximum atomic E-state index is 12.0. The predicted octanol–water partition coefficient (Wildman–Crippen LogP) is 3.28. The van der Waals surface area contributed by atoms with Gasteiger partial charge in [-0.3, -0.25) is 0 Å². The number of rotatable bonds is 3. The average Bonchev–Trinajstić information content (AvgIpc) is 2.83. The summed E-state index contributed by atoms with van der Waals surface area (Å²) < 4.78 is 5.16. The third kappa shape index (κ3) is 1.95. The van der Waals surface area contributed by atoms with Crippen molar-refractivity contribution in [2.24, 2.45) is 0 Å². The van der Waals surface area contributed by atoms with Crippen molar-refractivity contribution in [3.05, 3.63) is 42.2 Å². The van der Waals surface area contributed by atoms with Crippen LogP contribution in [-0.4, -0.2) is 22.5 Å². The molecule has 0 aliphatic carbocycles. The number of ether oxygens (including phenoxy) is 1. The Morgan fingerprint density at radius 1 is 1.26 bits per heavy atom. The SMILES string of the molecule is CCCOC(=O)c1nccc2c1[nH]c1ccccc12. The van der Waals surface area contributed by atoms with Crippen molar-refractivity contribution in [2.45, 2.75) is 13.3 Å². The summed E-state index contributed by atoms with van der Waals surface area (Å²) in [5.74, 6) is -0.376. The first kappa shape index (κ1) is 11.7. The van der Waals surface area contributed by atoms with E-state index >= 15 is 0 Å². The Hall–Kier alpha value is -2.36. The third-order valence-electron chi connectivity index (χ3n) is 3.06. The Morgan fingerprint density at radius 3 is 2.95 bits per heavy atom. The number of aromatic nitrogens is 2. The molecule has 0 unspecified atom stereocenters. The van der Waals surface area contributed by atoms with Gasteiger partial charge in [-0.2, -0.15) is 0 Å². The van der Waals surface area contributed by atoms with E-state index in [1.54, 1.807) is 6.20 Å². The van der Waals surface area contributed by atoms with Crippen LogP contribution in [-0.2, 0) is 4.74 Å². The molecule has 0 saturated heterocycles. The number of nitrogens with zero attached hydrogens (tertiary/aromatic N) is 1. The highest BCUT2D eigenvalue weighted by molar-refractivity contribution is 6.12. The number of esters is 1. The number of para-hydroxylation sites is 1. The quantitative estimate of drug-likeness (QED) is 0.730. The van der Waals surface area contributed by atoms with Gasteiger partial charge in [0.05, 0.1) is 12.1 Å². The molecular formula is C15H14N2O2. The molecule has 4 nitrogen and oxygen atoms in total. The van der Waals surface area contributed by atoms with Gasteiger partial charge in [-0.15, -0.1) is 0 Å². The summed E-state index contributed by atoms with van der Waals surface area (Å²) in [6.45, 7) is 2.38. The van der Waals surface area contributed by atoms with E-state index in [9.17, 15) is 4.79 Å². The lowest BCUT2D eigenvalue weighted by molar-refractivity contribution is 0.0500. The zero-order chi connectivity index (χ0) is 13.2. The van der Waals surface area contributed by atoms with Gasteiger partial charge in [0.1, 0.15) is 0 Å². The number of hydrogen-bond donors (Lipinski definition) is 1. The van der Waals surface area contributed by atoms with Crippen molar-refractivity contribution >= 4 is 27.8 Å². The molecule has 19 heavy (non-hydrogen) atoms. The second kappa shape index (κ2) is 4.72. The number of H-pyrrole nitrogens is 1. The molecule has 0 aliphatic heterocycles. The van der Waals surface area contributed by atoms with Gasteiger partial charge in [-0.05, 0) is 18.6 Å².